The predicted octanol–water partition coefficient (Wildman–Crippen LogP) is 5.14. The minimum absolute atomic E-state index is 0.0297. The lowest BCUT2D eigenvalue weighted by Gasteiger charge is -2.04. The van der Waals surface area contributed by atoms with Crippen LogP contribution < -0.4 is 9.47 Å². The Morgan fingerprint density at radius 2 is 1.60 bits per heavy atom. The van der Waals surface area contributed by atoms with Crippen molar-refractivity contribution in [2.45, 2.75) is 6.92 Å². The second kappa shape index (κ2) is 7.67. The summed E-state index contributed by atoms with van der Waals surface area (Å²) in [6.45, 7) is 2.54. The quantitative estimate of drug-likeness (QED) is 0.463. The van der Waals surface area contributed by atoms with Crippen molar-refractivity contribution >= 4 is 22.6 Å². The van der Waals surface area contributed by atoms with Crippen molar-refractivity contribution < 1.29 is 14.3 Å². The first-order chi connectivity index (χ1) is 12.2. The molecule has 3 heteroatoms. The molecular weight excluding hydrogens is 312 g/mol. The molecule has 0 spiro atoms. The van der Waals surface area contributed by atoms with Crippen LogP contribution in [-0.4, -0.2) is 19.5 Å². The fourth-order valence-corrected chi connectivity index (χ4v) is 2.62. The van der Waals surface area contributed by atoms with Gasteiger partial charge in [0.2, 0.25) is 0 Å². The van der Waals surface area contributed by atoms with Crippen LogP contribution in [0, 0.1) is 0 Å². The molecule has 0 heterocycles. The lowest BCUT2D eigenvalue weighted by molar-refractivity contribution is 0.104. The normalized spacial score (nSPS) is 11.0. The van der Waals surface area contributed by atoms with E-state index in [-0.39, 0.29) is 5.78 Å². The van der Waals surface area contributed by atoms with E-state index in [9.17, 15) is 4.79 Å². The Morgan fingerprint density at radius 3 is 2.32 bits per heavy atom. The van der Waals surface area contributed by atoms with Crippen LogP contribution in [0.25, 0.3) is 16.8 Å². The maximum atomic E-state index is 12.3. The summed E-state index contributed by atoms with van der Waals surface area (Å²) >= 11 is 0. The molecule has 0 radical (unpaired) electrons. The first-order valence-corrected chi connectivity index (χ1v) is 8.22. The Labute approximate surface area is 147 Å². The van der Waals surface area contributed by atoms with Gasteiger partial charge in [-0.15, -0.1) is 0 Å². The molecule has 3 nitrogen and oxygen atoms in total. The Balaban J connectivity index is 1.76. The summed E-state index contributed by atoms with van der Waals surface area (Å²) in [7, 11) is 1.66. The number of fused-ring (bicyclic) bond motifs is 1. The largest absolute Gasteiger partial charge is 0.497 e. The van der Waals surface area contributed by atoms with Crippen molar-refractivity contribution in [1.29, 1.82) is 0 Å². The zero-order valence-corrected chi connectivity index (χ0v) is 14.4. The highest BCUT2D eigenvalue weighted by Crippen LogP contribution is 2.22. The second-order valence-corrected chi connectivity index (χ2v) is 5.63. The number of rotatable bonds is 6. The molecule has 0 aliphatic carbocycles. The van der Waals surface area contributed by atoms with Gasteiger partial charge in [0.15, 0.2) is 5.78 Å². The van der Waals surface area contributed by atoms with Gasteiger partial charge in [-0.3, -0.25) is 4.79 Å². The molecule has 0 amide bonds. The molecule has 0 bridgehead atoms. The summed E-state index contributed by atoms with van der Waals surface area (Å²) in [5.41, 5.74) is 1.63. The van der Waals surface area contributed by atoms with Gasteiger partial charge in [-0.1, -0.05) is 24.3 Å². The van der Waals surface area contributed by atoms with Gasteiger partial charge in [-0.25, -0.2) is 0 Å². The smallest absolute Gasteiger partial charge is 0.185 e. The molecule has 0 aliphatic heterocycles. The summed E-state index contributed by atoms with van der Waals surface area (Å²) in [6, 6.07) is 19.2. The number of carbonyl (C=O) groups is 1. The van der Waals surface area contributed by atoms with Crippen molar-refractivity contribution in [3.05, 3.63) is 77.9 Å². The van der Waals surface area contributed by atoms with E-state index in [1.54, 1.807) is 25.3 Å². The van der Waals surface area contributed by atoms with E-state index < -0.39 is 0 Å². The molecule has 0 atom stereocenters. The highest BCUT2D eigenvalue weighted by atomic mass is 16.5. The standard InChI is InChI=1S/C22H20O3/c1-3-25-20-10-7-17(8-11-20)22(23)13-5-16-4-6-19-15-21(24-2)12-9-18(19)14-16/h4-15H,3H2,1-2H3/b13-5+. The number of ketones is 1. The number of hydrogen-bond acceptors (Lipinski definition) is 3. The third-order valence-corrected chi connectivity index (χ3v) is 3.95. The minimum atomic E-state index is -0.0297. The Hall–Kier alpha value is -3.07. The highest BCUT2D eigenvalue weighted by Gasteiger charge is 2.03. The second-order valence-electron chi connectivity index (χ2n) is 5.63. The van der Waals surface area contributed by atoms with E-state index in [1.807, 2.05) is 55.5 Å². The first kappa shape index (κ1) is 16.8. The fourth-order valence-electron chi connectivity index (χ4n) is 2.62. The Bertz CT molecular complexity index is 908. The van der Waals surface area contributed by atoms with E-state index >= 15 is 0 Å². The minimum Gasteiger partial charge on any atom is -0.497 e. The summed E-state index contributed by atoms with van der Waals surface area (Å²) in [4.78, 5) is 12.3. The van der Waals surface area contributed by atoms with Crippen molar-refractivity contribution in [2.24, 2.45) is 0 Å². The highest BCUT2D eigenvalue weighted by molar-refractivity contribution is 6.07. The molecule has 3 aromatic rings. The van der Waals surface area contributed by atoms with Crippen molar-refractivity contribution in [2.75, 3.05) is 13.7 Å². The van der Waals surface area contributed by atoms with E-state index in [4.69, 9.17) is 9.47 Å². The van der Waals surface area contributed by atoms with Gasteiger partial charge in [0.05, 0.1) is 13.7 Å². The van der Waals surface area contributed by atoms with E-state index in [1.165, 1.54) is 0 Å². The summed E-state index contributed by atoms with van der Waals surface area (Å²) < 4.78 is 10.6. The molecule has 0 fully saturated rings. The van der Waals surface area contributed by atoms with Crippen LogP contribution in [0.5, 0.6) is 11.5 Å². The van der Waals surface area contributed by atoms with Crippen LogP contribution >= 0.6 is 0 Å². The maximum Gasteiger partial charge on any atom is 0.185 e. The fraction of sp³-hybridized carbons (Fsp3) is 0.136. The predicted molar refractivity (Wildman–Crippen MR) is 101 cm³/mol. The first-order valence-electron chi connectivity index (χ1n) is 8.22. The third kappa shape index (κ3) is 4.07. The van der Waals surface area contributed by atoms with Gasteiger partial charge in [-0.05, 0) is 71.8 Å². The molecule has 0 aromatic heterocycles. The molecule has 126 valence electrons. The van der Waals surface area contributed by atoms with Gasteiger partial charge >= 0.3 is 0 Å². The van der Waals surface area contributed by atoms with Gasteiger partial charge in [0.25, 0.3) is 0 Å². The van der Waals surface area contributed by atoms with Gasteiger partial charge in [0, 0.05) is 5.56 Å². The van der Waals surface area contributed by atoms with E-state index in [0.717, 1.165) is 27.8 Å². The van der Waals surface area contributed by atoms with Crippen LogP contribution in [0.1, 0.15) is 22.8 Å². The van der Waals surface area contributed by atoms with Crippen LogP contribution in [-0.2, 0) is 0 Å². The Morgan fingerprint density at radius 1 is 0.920 bits per heavy atom. The summed E-state index contributed by atoms with van der Waals surface area (Å²) in [5, 5.41) is 2.21. The van der Waals surface area contributed by atoms with Crippen LogP contribution in [0.2, 0.25) is 0 Å². The number of hydrogen-bond donors (Lipinski definition) is 0. The number of methoxy groups -OCH3 is 1. The van der Waals surface area contributed by atoms with E-state index in [0.29, 0.717) is 12.2 Å². The number of carbonyl (C=O) groups excluding carboxylic acids is 1. The van der Waals surface area contributed by atoms with Gasteiger partial charge in [0.1, 0.15) is 11.5 Å². The SMILES string of the molecule is CCOc1ccc(C(=O)/C=C/c2ccc3cc(OC)ccc3c2)cc1. The molecular formula is C22H20O3. The van der Waals surface area contributed by atoms with Crippen LogP contribution in [0.3, 0.4) is 0 Å². The topological polar surface area (TPSA) is 35.5 Å². The average molecular weight is 332 g/mol. The number of benzene rings is 3. The van der Waals surface area contributed by atoms with Crippen molar-refractivity contribution in [1.82, 2.24) is 0 Å². The lowest BCUT2D eigenvalue weighted by Crippen LogP contribution is -1.95. The number of ether oxygens (including phenoxy) is 2. The molecule has 0 unspecified atom stereocenters. The zero-order valence-electron chi connectivity index (χ0n) is 14.4. The molecule has 25 heavy (non-hydrogen) atoms. The maximum absolute atomic E-state index is 12.3. The molecule has 3 aromatic carbocycles. The van der Waals surface area contributed by atoms with Crippen LogP contribution in [0.15, 0.2) is 66.7 Å². The monoisotopic (exact) mass is 332 g/mol. The van der Waals surface area contributed by atoms with Gasteiger partial charge < -0.3 is 9.47 Å². The average Bonchev–Trinajstić information content (AvgIpc) is 2.66. The summed E-state index contributed by atoms with van der Waals surface area (Å²) in [5.74, 6) is 1.58. The van der Waals surface area contributed by atoms with Crippen LogP contribution in [0.4, 0.5) is 0 Å². The molecule has 0 saturated heterocycles. The van der Waals surface area contributed by atoms with Crippen molar-refractivity contribution in [3.63, 3.8) is 0 Å². The molecule has 0 saturated carbocycles. The third-order valence-electron chi connectivity index (χ3n) is 3.95. The molecule has 0 aliphatic rings. The van der Waals surface area contributed by atoms with Crippen molar-refractivity contribution in [3.8, 4) is 11.5 Å². The van der Waals surface area contributed by atoms with E-state index in [2.05, 4.69) is 6.07 Å². The molecule has 3 rings (SSSR count). The number of allylic oxidation sites excluding steroid dienone is 1. The Kier molecular flexibility index (Phi) is 5.14. The van der Waals surface area contributed by atoms with Gasteiger partial charge in [-0.2, -0.15) is 0 Å². The lowest BCUT2D eigenvalue weighted by atomic mass is 10.0. The zero-order chi connectivity index (χ0) is 17.6. The molecule has 0 N–H and O–H groups in total. The summed E-state index contributed by atoms with van der Waals surface area (Å²) in [6.07, 6.45) is 3.43.